The standard InChI is InChI=1S/C20H18ClN3O2/c1-13(14-7-8-18-15(11-14)9-10-26-18)23-17-12-22-24(20(25)19(17)21)16-5-3-2-4-6-16/h2-8,11-13,23H,9-10H2,1H3/t13-/m1/s1. The second-order valence-corrected chi connectivity index (χ2v) is 6.63. The van der Waals surface area contributed by atoms with Gasteiger partial charge in [-0.15, -0.1) is 0 Å². The number of para-hydroxylation sites is 1. The Kier molecular flexibility index (Phi) is 4.39. The van der Waals surface area contributed by atoms with Crippen molar-refractivity contribution in [3.63, 3.8) is 0 Å². The summed E-state index contributed by atoms with van der Waals surface area (Å²) in [5.41, 5.74) is 3.17. The van der Waals surface area contributed by atoms with E-state index in [9.17, 15) is 4.79 Å². The Morgan fingerprint density at radius 2 is 2.04 bits per heavy atom. The largest absolute Gasteiger partial charge is 0.493 e. The van der Waals surface area contributed by atoms with Gasteiger partial charge in [0.1, 0.15) is 10.8 Å². The first-order valence-electron chi connectivity index (χ1n) is 8.49. The molecule has 1 aliphatic rings. The zero-order valence-corrected chi connectivity index (χ0v) is 15.0. The molecule has 0 fully saturated rings. The van der Waals surface area contributed by atoms with Gasteiger partial charge in [-0.1, -0.05) is 35.9 Å². The molecule has 3 aromatic rings. The van der Waals surface area contributed by atoms with Crippen LogP contribution in [-0.4, -0.2) is 16.4 Å². The van der Waals surface area contributed by atoms with Crippen molar-refractivity contribution in [2.75, 3.05) is 11.9 Å². The number of ether oxygens (including phenoxy) is 1. The van der Waals surface area contributed by atoms with Crippen LogP contribution >= 0.6 is 11.6 Å². The number of aromatic nitrogens is 2. The van der Waals surface area contributed by atoms with E-state index in [0.29, 0.717) is 11.4 Å². The summed E-state index contributed by atoms with van der Waals surface area (Å²) in [5.74, 6) is 0.950. The Bertz CT molecular complexity index is 1000. The molecule has 0 saturated carbocycles. The Hall–Kier alpha value is -2.79. The highest BCUT2D eigenvalue weighted by Gasteiger charge is 2.17. The molecule has 0 radical (unpaired) electrons. The summed E-state index contributed by atoms with van der Waals surface area (Å²) in [6, 6.07) is 15.3. The van der Waals surface area contributed by atoms with Crippen LogP contribution in [0.15, 0.2) is 59.5 Å². The number of nitrogens with one attached hydrogen (secondary N) is 1. The molecule has 5 nitrogen and oxygen atoms in total. The van der Waals surface area contributed by atoms with E-state index in [0.717, 1.165) is 24.3 Å². The summed E-state index contributed by atoms with van der Waals surface area (Å²) < 4.78 is 6.84. The molecule has 1 atom stereocenters. The van der Waals surface area contributed by atoms with Gasteiger partial charge in [0, 0.05) is 12.5 Å². The Balaban J connectivity index is 1.60. The molecule has 0 saturated heterocycles. The summed E-state index contributed by atoms with van der Waals surface area (Å²) in [5, 5.41) is 7.66. The van der Waals surface area contributed by atoms with Gasteiger partial charge in [0.15, 0.2) is 0 Å². The summed E-state index contributed by atoms with van der Waals surface area (Å²) >= 11 is 6.32. The quantitative estimate of drug-likeness (QED) is 0.757. The number of benzene rings is 2. The van der Waals surface area contributed by atoms with Crippen LogP contribution in [0.5, 0.6) is 5.75 Å². The zero-order valence-electron chi connectivity index (χ0n) is 14.3. The van der Waals surface area contributed by atoms with Crippen LogP contribution in [-0.2, 0) is 6.42 Å². The summed E-state index contributed by atoms with van der Waals surface area (Å²) in [7, 11) is 0. The fourth-order valence-corrected chi connectivity index (χ4v) is 3.26. The van der Waals surface area contributed by atoms with Crippen LogP contribution in [0.2, 0.25) is 5.02 Å². The monoisotopic (exact) mass is 367 g/mol. The molecule has 1 N–H and O–H groups in total. The number of hydrogen-bond donors (Lipinski definition) is 1. The zero-order chi connectivity index (χ0) is 18.1. The molecule has 6 heteroatoms. The van der Waals surface area contributed by atoms with E-state index in [-0.39, 0.29) is 16.6 Å². The fourth-order valence-electron chi connectivity index (χ4n) is 3.08. The fraction of sp³-hybridized carbons (Fsp3) is 0.200. The van der Waals surface area contributed by atoms with Gasteiger partial charge in [-0.2, -0.15) is 9.78 Å². The maximum atomic E-state index is 12.6. The molecular weight excluding hydrogens is 350 g/mol. The van der Waals surface area contributed by atoms with Crippen LogP contribution in [0.25, 0.3) is 5.69 Å². The predicted molar refractivity (Wildman–Crippen MR) is 103 cm³/mol. The molecule has 2 aromatic carbocycles. The van der Waals surface area contributed by atoms with E-state index >= 15 is 0 Å². The molecule has 1 aliphatic heterocycles. The highest BCUT2D eigenvalue weighted by atomic mass is 35.5. The number of rotatable bonds is 4. The highest BCUT2D eigenvalue weighted by Crippen LogP contribution is 2.30. The first kappa shape index (κ1) is 16.7. The van der Waals surface area contributed by atoms with E-state index in [1.165, 1.54) is 10.2 Å². The third-order valence-corrected chi connectivity index (χ3v) is 4.87. The van der Waals surface area contributed by atoms with Gasteiger partial charge >= 0.3 is 0 Å². The summed E-state index contributed by atoms with van der Waals surface area (Å²) in [4.78, 5) is 12.6. The summed E-state index contributed by atoms with van der Waals surface area (Å²) in [6.07, 6.45) is 2.51. The minimum absolute atomic E-state index is 0.0211. The van der Waals surface area contributed by atoms with E-state index < -0.39 is 0 Å². The lowest BCUT2D eigenvalue weighted by Crippen LogP contribution is -2.23. The molecule has 2 heterocycles. The van der Waals surface area contributed by atoms with Crippen LogP contribution in [0.3, 0.4) is 0 Å². The number of fused-ring (bicyclic) bond motifs is 1. The molecule has 0 spiro atoms. The number of anilines is 1. The first-order valence-corrected chi connectivity index (χ1v) is 8.86. The molecule has 0 amide bonds. The van der Waals surface area contributed by atoms with Gasteiger partial charge in [-0.05, 0) is 42.3 Å². The molecule has 4 rings (SSSR count). The van der Waals surface area contributed by atoms with Gasteiger partial charge < -0.3 is 10.1 Å². The van der Waals surface area contributed by atoms with Crippen LogP contribution in [0.4, 0.5) is 5.69 Å². The number of halogens is 1. The Morgan fingerprint density at radius 3 is 2.85 bits per heavy atom. The van der Waals surface area contributed by atoms with E-state index in [2.05, 4.69) is 16.5 Å². The predicted octanol–water partition coefficient (Wildman–Crippen LogP) is 3.99. The van der Waals surface area contributed by atoms with Crippen LogP contribution < -0.4 is 15.6 Å². The average Bonchev–Trinajstić information content (AvgIpc) is 3.14. The molecule has 0 aliphatic carbocycles. The third kappa shape index (κ3) is 3.06. The Morgan fingerprint density at radius 1 is 1.23 bits per heavy atom. The van der Waals surface area contributed by atoms with Gasteiger partial charge in [0.05, 0.1) is 24.2 Å². The van der Waals surface area contributed by atoms with Gasteiger partial charge in [0.2, 0.25) is 0 Å². The SMILES string of the molecule is C[C@@H](Nc1cnn(-c2ccccc2)c(=O)c1Cl)c1ccc2c(c1)CCO2. The molecule has 0 unspecified atom stereocenters. The molecule has 1 aromatic heterocycles. The van der Waals surface area contributed by atoms with Crippen molar-refractivity contribution >= 4 is 17.3 Å². The minimum Gasteiger partial charge on any atom is -0.493 e. The highest BCUT2D eigenvalue weighted by molar-refractivity contribution is 6.33. The van der Waals surface area contributed by atoms with E-state index in [4.69, 9.17) is 16.3 Å². The lowest BCUT2D eigenvalue weighted by Gasteiger charge is -2.17. The normalized spacial score (nSPS) is 13.8. The van der Waals surface area contributed by atoms with Crippen molar-refractivity contribution in [2.45, 2.75) is 19.4 Å². The maximum Gasteiger partial charge on any atom is 0.292 e. The summed E-state index contributed by atoms with van der Waals surface area (Å²) in [6.45, 7) is 2.75. The van der Waals surface area contributed by atoms with Crippen molar-refractivity contribution in [2.24, 2.45) is 0 Å². The van der Waals surface area contributed by atoms with Gasteiger partial charge in [0.25, 0.3) is 5.56 Å². The lowest BCUT2D eigenvalue weighted by atomic mass is 10.0. The van der Waals surface area contributed by atoms with Crippen molar-refractivity contribution in [3.8, 4) is 11.4 Å². The third-order valence-electron chi connectivity index (χ3n) is 4.51. The smallest absolute Gasteiger partial charge is 0.292 e. The maximum absolute atomic E-state index is 12.6. The average molecular weight is 368 g/mol. The first-order chi connectivity index (χ1) is 12.6. The van der Waals surface area contributed by atoms with E-state index in [1.807, 2.05) is 49.4 Å². The second-order valence-electron chi connectivity index (χ2n) is 6.26. The molecular formula is C20H18ClN3O2. The molecule has 132 valence electrons. The van der Waals surface area contributed by atoms with Crippen molar-refractivity contribution in [3.05, 3.63) is 81.2 Å². The lowest BCUT2D eigenvalue weighted by molar-refractivity contribution is 0.357. The second kappa shape index (κ2) is 6.84. The minimum atomic E-state index is -0.350. The van der Waals surface area contributed by atoms with Crippen molar-refractivity contribution in [1.29, 1.82) is 0 Å². The van der Waals surface area contributed by atoms with Crippen LogP contribution in [0.1, 0.15) is 24.1 Å². The molecule has 0 bridgehead atoms. The molecule has 26 heavy (non-hydrogen) atoms. The number of nitrogens with zero attached hydrogens (tertiary/aromatic N) is 2. The Labute approximate surface area is 156 Å². The van der Waals surface area contributed by atoms with E-state index in [1.54, 1.807) is 6.20 Å². The van der Waals surface area contributed by atoms with Crippen molar-refractivity contribution < 1.29 is 4.74 Å². The van der Waals surface area contributed by atoms with Crippen molar-refractivity contribution in [1.82, 2.24) is 9.78 Å². The van der Waals surface area contributed by atoms with Gasteiger partial charge in [-0.3, -0.25) is 4.79 Å². The number of hydrogen-bond acceptors (Lipinski definition) is 4. The van der Waals surface area contributed by atoms with Crippen LogP contribution in [0, 0.1) is 0 Å². The van der Waals surface area contributed by atoms with Gasteiger partial charge in [-0.25, -0.2) is 0 Å². The topological polar surface area (TPSA) is 56.2 Å².